The van der Waals surface area contributed by atoms with E-state index in [1.54, 1.807) is 22.8 Å². The predicted molar refractivity (Wildman–Crippen MR) is 108 cm³/mol. The van der Waals surface area contributed by atoms with Crippen molar-refractivity contribution in [2.75, 3.05) is 7.05 Å². The van der Waals surface area contributed by atoms with Crippen LogP contribution < -0.4 is 0 Å². The molecule has 2 heterocycles. The molecular formula is C21H19ClN4O. The number of carbonyl (C=O) groups is 1. The molecule has 0 fully saturated rings. The summed E-state index contributed by atoms with van der Waals surface area (Å²) < 4.78 is 1.73. The van der Waals surface area contributed by atoms with Crippen molar-refractivity contribution in [1.29, 1.82) is 0 Å². The van der Waals surface area contributed by atoms with E-state index in [2.05, 4.69) is 10.1 Å². The fraction of sp³-hybridized carbons (Fsp3) is 0.143. The molecule has 1 N–H and O–H groups in total. The second-order valence-electron chi connectivity index (χ2n) is 6.61. The summed E-state index contributed by atoms with van der Waals surface area (Å²) in [6.45, 7) is 0.483. The Labute approximate surface area is 162 Å². The van der Waals surface area contributed by atoms with Crippen molar-refractivity contribution in [3.05, 3.63) is 77.2 Å². The van der Waals surface area contributed by atoms with Gasteiger partial charge >= 0.3 is 0 Å². The van der Waals surface area contributed by atoms with Crippen LogP contribution in [-0.2, 0) is 13.6 Å². The standard InChI is InChI=1S/C21H19ClN4O/c1-25(12-14-11-23-26(2)13-14)21(27)20-19(15-6-4-3-5-7-15)17-10-16(22)8-9-18(17)24-20/h3-11,13,24H,12H2,1-2H3. The van der Waals surface area contributed by atoms with Crippen molar-refractivity contribution in [3.8, 4) is 11.1 Å². The fourth-order valence-electron chi connectivity index (χ4n) is 3.32. The Morgan fingerprint density at radius 1 is 1.22 bits per heavy atom. The normalized spacial score (nSPS) is 11.1. The molecule has 0 spiro atoms. The van der Waals surface area contributed by atoms with Crippen molar-refractivity contribution in [2.45, 2.75) is 6.54 Å². The zero-order chi connectivity index (χ0) is 19.0. The number of H-pyrrole nitrogens is 1. The zero-order valence-electron chi connectivity index (χ0n) is 15.1. The Morgan fingerprint density at radius 3 is 2.70 bits per heavy atom. The molecule has 4 aromatic rings. The maximum Gasteiger partial charge on any atom is 0.270 e. The topological polar surface area (TPSA) is 53.9 Å². The SMILES string of the molecule is CN(Cc1cnn(C)c1)C(=O)c1[nH]c2ccc(Cl)cc2c1-c1ccccc1. The second kappa shape index (κ2) is 6.93. The van der Waals surface area contributed by atoms with E-state index in [0.717, 1.165) is 27.6 Å². The van der Waals surface area contributed by atoms with Gasteiger partial charge in [0.25, 0.3) is 5.91 Å². The van der Waals surface area contributed by atoms with Gasteiger partial charge in [0.1, 0.15) is 5.69 Å². The van der Waals surface area contributed by atoms with Crippen LogP contribution in [0.2, 0.25) is 5.02 Å². The summed E-state index contributed by atoms with van der Waals surface area (Å²) in [7, 11) is 3.66. The average molecular weight is 379 g/mol. The van der Waals surface area contributed by atoms with E-state index < -0.39 is 0 Å². The molecule has 0 aliphatic carbocycles. The van der Waals surface area contributed by atoms with Crippen molar-refractivity contribution in [2.24, 2.45) is 7.05 Å². The van der Waals surface area contributed by atoms with E-state index >= 15 is 0 Å². The Hall–Kier alpha value is -3.05. The monoisotopic (exact) mass is 378 g/mol. The van der Waals surface area contributed by atoms with Gasteiger partial charge in [-0.2, -0.15) is 5.10 Å². The van der Waals surface area contributed by atoms with Crippen LogP contribution in [0.4, 0.5) is 0 Å². The predicted octanol–water partition coefficient (Wildman–Crippen LogP) is 4.49. The molecule has 2 aromatic heterocycles. The van der Waals surface area contributed by atoms with Gasteiger partial charge < -0.3 is 9.88 Å². The largest absolute Gasteiger partial charge is 0.350 e. The highest BCUT2D eigenvalue weighted by atomic mass is 35.5. The van der Waals surface area contributed by atoms with Crippen LogP contribution in [0.3, 0.4) is 0 Å². The van der Waals surface area contributed by atoms with Crippen LogP contribution in [0, 0.1) is 0 Å². The van der Waals surface area contributed by atoms with Gasteiger partial charge in [0.2, 0.25) is 0 Å². The first-order valence-electron chi connectivity index (χ1n) is 8.62. The summed E-state index contributed by atoms with van der Waals surface area (Å²) in [6, 6.07) is 15.5. The first-order valence-corrected chi connectivity index (χ1v) is 9.00. The molecule has 1 amide bonds. The van der Waals surface area contributed by atoms with Crippen LogP contribution in [0.1, 0.15) is 16.1 Å². The molecule has 0 unspecified atom stereocenters. The van der Waals surface area contributed by atoms with Crippen LogP contribution in [0.5, 0.6) is 0 Å². The molecule has 0 aliphatic rings. The summed E-state index contributed by atoms with van der Waals surface area (Å²) in [6.07, 6.45) is 3.68. The molecular weight excluding hydrogens is 360 g/mol. The first kappa shape index (κ1) is 17.4. The Kier molecular flexibility index (Phi) is 4.46. The minimum atomic E-state index is -0.0787. The third-order valence-corrected chi connectivity index (χ3v) is 4.80. The number of aryl methyl sites for hydroxylation is 1. The third-order valence-electron chi connectivity index (χ3n) is 4.56. The molecule has 27 heavy (non-hydrogen) atoms. The summed E-state index contributed by atoms with van der Waals surface area (Å²) in [5.74, 6) is -0.0787. The highest BCUT2D eigenvalue weighted by Crippen LogP contribution is 2.34. The maximum absolute atomic E-state index is 13.2. The number of benzene rings is 2. The average Bonchev–Trinajstić information content (AvgIpc) is 3.24. The van der Waals surface area contributed by atoms with Gasteiger partial charge in [0.15, 0.2) is 0 Å². The van der Waals surface area contributed by atoms with E-state index in [-0.39, 0.29) is 5.91 Å². The lowest BCUT2D eigenvalue weighted by Gasteiger charge is -2.16. The summed E-state index contributed by atoms with van der Waals surface area (Å²) >= 11 is 6.22. The van der Waals surface area contributed by atoms with Gasteiger partial charge in [-0.3, -0.25) is 9.48 Å². The molecule has 5 nitrogen and oxygen atoms in total. The van der Waals surface area contributed by atoms with Gasteiger partial charge in [0, 0.05) is 53.9 Å². The molecule has 0 atom stereocenters. The van der Waals surface area contributed by atoms with Gasteiger partial charge in [-0.05, 0) is 23.8 Å². The third kappa shape index (κ3) is 3.34. The smallest absolute Gasteiger partial charge is 0.270 e. The molecule has 0 saturated carbocycles. The summed E-state index contributed by atoms with van der Waals surface area (Å²) in [4.78, 5) is 18.2. The summed E-state index contributed by atoms with van der Waals surface area (Å²) in [5.41, 5.74) is 4.27. The fourth-order valence-corrected chi connectivity index (χ4v) is 3.49. The van der Waals surface area contributed by atoms with Crippen molar-refractivity contribution in [1.82, 2.24) is 19.7 Å². The van der Waals surface area contributed by atoms with Crippen LogP contribution in [0.15, 0.2) is 60.9 Å². The van der Waals surface area contributed by atoms with Crippen molar-refractivity contribution >= 4 is 28.4 Å². The number of fused-ring (bicyclic) bond motifs is 1. The van der Waals surface area contributed by atoms with E-state index in [1.807, 2.05) is 61.8 Å². The first-order chi connectivity index (χ1) is 13.0. The number of hydrogen-bond donors (Lipinski definition) is 1. The Bertz CT molecular complexity index is 1110. The maximum atomic E-state index is 13.2. The van der Waals surface area contributed by atoms with Crippen LogP contribution >= 0.6 is 11.6 Å². The zero-order valence-corrected chi connectivity index (χ0v) is 15.9. The van der Waals surface area contributed by atoms with Crippen LogP contribution in [0.25, 0.3) is 22.0 Å². The van der Waals surface area contributed by atoms with Crippen molar-refractivity contribution < 1.29 is 4.79 Å². The molecule has 0 bridgehead atoms. The number of nitrogens with zero attached hydrogens (tertiary/aromatic N) is 3. The number of carbonyl (C=O) groups excluding carboxylic acids is 1. The lowest BCUT2D eigenvalue weighted by molar-refractivity contribution is 0.0781. The molecule has 0 radical (unpaired) electrons. The molecule has 4 rings (SSSR count). The number of amides is 1. The van der Waals surface area contributed by atoms with Gasteiger partial charge in [-0.25, -0.2) is 0 Å². The highest BCUT2D eigenvalue weighted by Gasteiger charge is 2.22. The molecule has 2 aromatic carbocycles. The number of halogens is 1. The Morgan fingerprint density at radius 2 is 2.00 bits per heavy atom. The van der Waals surface area contributed by atoms with E-state index in [1.165, 1.54) is 0 Å². The van der Waals surface area contributed by atoms with Gasteiger partial charge in [-0.1, -0.05) is 41.9 Å². The molecule has 0 saturated heterocycles. The second-order valence-corrected chi connectivity index (χ2v) is 7.05. The number of hydrogen-bond acceptors (Lipinski definition) is 2. The van der Waals surface area contributed by atoms with Crippen LogP contribution in [-0.4, -0.2) is 32.6 Å². The lowest BCUT2D eigenvalue weighted by atomic mass is 10.0. The molecule has 6 heteroatoms. The number of rotatable bonds is 4. The van der Waals surface area contributed by atoms with Gasteiger partial charge in [0.05, 0.1) is 6.20 Å². The summed E-state index contributed by atoms with van der Waals surface area (Å²) in [5, 5.41) is 5.74. The molecule has 136 valence electrons. The highest BCUT2D eigenvalue weighted by molar-refractivity contribution is 6.31. The minimum absolute atomic E-state index is 0.0787. The van der Waals surface area contributed by atoms with E-state index in [9.17, 15) is 4.79 Å². The number of aromatic amines is 1. The lowest BCUT2D eigenvalue weighted by Crippen LogP contribution is -2.26. The molecule has 0 aliphatic heterocycles. The minimum Gasteiger partial charge on any atom is -0.350 e. The quantitative estimate of drug-likeness (QED) is 0.568. The van der Waals surface area contributed by atoms with Crippen molar-refractivity contribution in [3.63, 3.8) is 0 Å². The number of nitrogens with one attached hydrogen (secondary N) is 1. The van der Waals surface area contributed by atoms with E-state index in [0.29, 0.717) is 17.3 Å². The van der Waals surface area contributed by atoms with Gasteiger partial charge in [-0.15, -0.1) is 0 Å². The van der Waals surface area contributed by atoms with E-state index in [4.69, 9.17) is 11.6 Å². The Balaban J connectivity index is 1.79. The number of aromatic nitrogens is 3.